The fraction of sp³-hybridized carbons (Fsp3) is 0.294. The first-order valence-corrected chi connectivity index (χ1v) is 8.90. The number of thioether (sulfide) groups is 1. The van der Waals surface area contributed by atoms with E-state index in [0.717, 1.165) is 22.6 Å². The van der Waals surface area contributed by atoms with Gasteiger partial charge in [0.15, 0.2) is 5.76 Å². The average molecular weight is 363 g/mol. The summed E-state index contributed by atoms with van der Waals surface area (Å²) in [4.78, 5) is 24.7. The summed E-state index contributed by atoms with van der Waals surface area (Å²) in [6.45, 7) is 0.550. The van der Waals surface area contributed by atoms with Gasteiger partial charge in [0.2, 0.25) is 0 Å². The molecular formula is C17H18FN3O3S. The normalized spacial score (nSPS) is 16.0. The second-order valence-corrected chi connectivity index (χ2v) is 6.64. The van der Waals surface area contributed by atoms with E-state index in [1.807, 2.05) is 0 Å². The SMILES string of the molecule is O=C(NCCNC(=O)c1ccco1)N[C@H]1CCSc2ccc(F)cc21. The zero-order valence-corrected chi connectivity index (χ0v) is 14.2. The smallest absolute Gasteiger partial charge is 0.315 e. The van der Waals surface area contributed by atoms with Crippen molar-refractivity contribution in [2.24, 2.45) is 0 Å². The Balaban J connectivity index is 1.44. The number of amides is 3. The second-order valence-electron chi connectivity index (χ2n) is 5.51. The van der Waals surface area contributed by atoms with Crippen LogP contribution in [0.2, 0.25) is 0 Å². The fourth-order valence-electron chi connectivity index (χ4n) is 2.57. The Morgan fingerprint density at radius 3 is 2.88 bits per heavy atom. The third kappa shape index (κ3) is 4.54. The fourth-order valence-corrected chi connectivity index (χ4v) is 3.68. The van der Waals surface area contributed by atoms with E-state index in [1.165, 1.54) is 18.4 Å². The lowest BCUT2D eigenvalue weighted by Gasteiger charge is -2.26. The van der Waals surface area contributed by atoms with Crippen LogP contribution in [0, 0.1) is 5.82 Å². The maximum absolute atomic E-state index is 13.5. The Bertz CT molecular complexity index is 752. The Hall–Kier alpha value is -2.48. The molecule has 0 saturated heterocycles. The topological polar surface area (TPSA) is 83.4 Å². The van der Waals surface area contributed by atoms with Gasteiger partial charge < -0.3 is 20.4 Å². The molecule has 0 spiro atoms. The molecule has 8 heteroatoms. The zero-order chi connectivity index (χ0) is 17.6. The second kappa shape index (κ2) is 8.06. The molecule has 3 rings (SSSR count). The highest BCUT2D eigenvalue weighted by Crippen LogP contribution is 2.36. The Labute approximate surface area is 148 Å². The highest BCUT2D eigenvalue weighted by Gasteiger charge is 2.22. The minimum atomic E-state index is -0.348. The minimum Gasteiger partial charge on any atom is -0.459 e. The van der Waals surface area contributed by atoms with Gasteiger partial charge in [-0.2, -0.15) is 0 Å². The van der Waals surface area contributed by atoms with E-state index in [1.54, 1.807) is 30.0 Å². The average Bonchev–Trinajstić information content (AvgIpc) is 3.14. The molecule has 6 nitrogen and oxygen atoms in total. The predicted octanol–water partition coefficient (Wildman–Crippen LogP) is 2.68. The summed E-state index contributed by atoms with van der Waals surface area (Å²) in [6.07, 6.45) is 2.16. The number of carbonyl (C=O) groups excluding carboxylic acids is 2. The largest absolute Gasteiger partial charge is 0.459 e. The van der Waals surface area contributed by atoms with Crippen molar-refractivity contribution in [3.05, 3.63) is 53.7 Å². The van der Waals surface area contributed by atoms with Crippen LogP contribution in [0.4, 0.5) is 9.18 Å². The monoisotopic (exact) mass is 363 g/mol. The molecule has 3 N–H and O–H groups in total. The number of nitrogens with one attached hydrogen (secondary N) is 3. The number of urea groups is 1. The molecule has 0 bridgehead atoms. The summed E-state index contributed by atoms with van der Waals surface area (Å²) >= 11 is 1.66. The zero-order valence-electron chi connectivity index (χ0n) is 13.4. The van der Waals surface area contributed by atoms with Crippen LogP contribution in [0.15, 0.2) is 45.9 Å². The molecule has 1 atom stereocenters. The first kappa shape index (κ1) is 17.3. The highest BCUT2D eigenvalue weighted by atomic mass is 32.2. The van der Waals surface area contributed by atoms with Crippen molar-refractivity contribution in [3.63, 3.8) is 0 Å². The lowest BCUT2D eigenvalue weighted by Crippen LogP contribution is -2.42. The van der Waals surface area contributed by atoms with Crippen LogP contribution in [0.25, 0.3) is 0 Å². The maximum atomic E-state index is 13.5. The molecule has 1 aliphatic heterocycles. The van der Waals surface area contributed by atoms with Crippen LogP contribution in [0.1, 0.15) is 28.6 Å². The summed E-state index contributed by atoms with van der Waals surface area (Å²) in [5.74, 6) is 0.445. The quantitative estimate of drug-likeness (QED) is 0.713. The molecule has 0 aliphatic carbocycles. The Kier molecular flexibility index (Phi) is 5.60. The molecule has 0 unspecified atom stereocenters. The van der Waals surface area contributed by atoms with Crippen molar-refractivity contribution in [3.8, 4) is 0 Å². The molecule has 25 heavy (non-hydrogen) atoms. The van der Waals surface area contributed by atoms with Crippen LogP contribution < -0.4 is 16.0 Å². The van der Waals surface area contributed by atoms with E-state index >= 15 is 0 Å². The maximum Gasteiger partial charge on any atom is 0.315 e. The molecule has 1 aliphatic rings. The number of benzene rings is 1. The third-order valence-corrected chi connectivity index (χ3v) is 4.88. The summed E-state index contributed by atoms with van der Waals surface area (Å²) in [6, 6.07) is 7.26. The molecule has 2 heterocycles. The molecule has 132 valence electrons. The molecule has 0 fully saturated rings. The first-order chi connectivity index (χ1) is 12.1. The number of furan rings is 1. The number of hydrogen-bond acceptors (Lipinski definition) is 4. The number of carbonyl (C=O) groups is 2. The Morgan fingerprint density at radius 2 is 2.08 bits per heavy atom. The molecule has 0 saturated carbocycles. The molecule has 3 amide bonds. The van der Waals surface area contributed by atoms with Crippen LogP contribution >= 0.6 is 11.8 Å². The van der Waals surface area contributed by atoms with Crippen LogP contribution in [-0.4, -0.2) is 30.8 Å². The summed E-state index contributed by atoms with van der Waals surface area (Å²) in [7, 11) is 0. The number of rotatable bonds is 5. The van der Waals surface area contributed by atoms with Crippen molar-refractivity contribution in [2.45, 2.75) is 17.4 Å². The lowest BCUT2D eigenvalue weighted by molar-refractivity contribution is 0.0926. The van der Waals surface area contributed by atoms with E-state index in [-0.39, 0.29) is 42.6 Å². The van der Waals surface area contributed by atoms with Gasteiger partial charge >= 0.3 is 6.03 Å². The summed E-state index contributed by atoms with van der Waals surface area (Å²) < 4.78 is 18.4. The van der Waals surface area contributed by atoms with Gasteiger partial charge in [0.05, 0.1) is 12.3 Å². The number of hydrogen-bond donors (Lipinski definition) is 3. The third-order valence-electron chi connectivity index (χ3n) is 3.76. The molecule has 1 aromatic heterocycles. The van der Waals surface area contributed by atoms with Gasteiger partial charge in [0.25, 0.3) is 5.91 Å². The summed E-state index contributed by atoms with van der Waals surface area (Å²) in [5, 5.41) is 8.18. The standard InChI is InChI=1S/C17H18FN3O3S/c18-11-3-4-15-12(10-11)13(5-9-25-15)21-17(23)20-7-6-19-16(22)14-2-1-8-24-14/h1-4,8,10,13H,5-7,9H2,(H,19,22)(H2,20,21,23)/t13-/m0/s1. The van der Waals surface area contributed by atoms with Crippen LogP contribution in [0.3, 0.4) is 0 Å². The van der Waals surface area contributed by atoms with Crippen molar-refractivity contribution in [2.75, 3.05) is 18.8 Å². The van der Waals surface area contributed by atoms with Gasteiger partial charge in [-0.1, -0.05) is 0 Å². The number of fused-ring (bicyclic) bond motifs is 1. The number of halogens is 1. The minimum absolute atomic E-state index is 0.218. The van der Waals surface area contributed by atoms with E-state index in [9.17, 15) is 14.0 Å². The molecule has 1 aromatic carbocycles. The molecule has 0 radical (unpaired) electrons. The van der Waals surface area contributed by atoms with E-state index in [2.05, 4.69) is 16.0 Å². The van der Waals surface area contributed by atoms with Gasteiger partial charge in [-0.05, 0) is 42.3 Å². The van der Waals surface area contributed by atoms with Crippen molar-refractivity contribution in [1.82, 2.24) is 16.0 Å². The van der Waals surface area contributed by atoms with Crippen LogP contribution in [-0.2, 0) is 0 Å². The van der Waals surface area contributed by atoms with Crippen molar-refractivity contribution < 1.29 is 18.4 Å². The van der Waals surface area contributed by atoms with Gasteiger partial charge in [0.1, 0.15) is 5.82 Å². The van der Waals surface area contributed by atoms with Gasteiger partial charge in [-0.25, -0.2) is 9.18 Å². The van der Waals surface area contributed by atoms with Crippen molar-refractivity contribution in [1.29, 1.82) is 0 Å². The Morgan fingerprint density at radius 1 is 1.24 bits per heavy atom. The lowest BCUT2D eigenvalue weighted by atomic mass is 10.0. The van der Waals surface area contributed by atoms with E-state index in [0.29, 0.717) is 0 Å². The predicted molar refractivity (Wildman–Crippen MR) is 92.1 cm³/mol. The van der Waals surface area contributed by atoms with Gasteiger partial charge in [-0.15, -0.1) is 11.8 Å². The van der Waals surface area contributed by atoms with E-state index in [4.69, 9.17) is 4.42 Å². The molecular weight excluding hydrogens is 345 g/mol. The van der Waals surface area contributed by atoms with Crippen molar-refractivity contribution >= 4 is 23.7 Å². The highest BCUT2D eigenvalue weighted by molar-refractivity contribution is 7.99. The molecule has 2 aromatic rings. The van der Waals surface area contributed by atoms with E-state index < -0.39 is 0 Å². The van der Waals surface area contributed by atoms with Gasteiger partial charge in [-0.3, -0.25) is 4.79 Å². The first-order valence-electron chi connectivity index (χ1n) is 7.92. The summed E-state index contributed by atoms with van der Waals surface area (Å²) in [5.41, 5.74) is 0.803. The van der Waals surface area contributed by atoms with Crippen LogP contribution in [0.5, 0.6) is 0 Å². The van der Waals surface area contributed by atoms with Gasteiger partial charge in [0, 0.05) is 23.7 Å².